The van der Waals surface area contributed by atoms with Gasteiger partial charge in [0, 0.05) is 38.4 Å². The molecule has 2 rings (SSSR count). The molecule has 2 N–H and O–H groups in total. The van der Waals surface area contributed by atoms with Crippen molar-refractivity contribution in [2.45, 2.75) is 32.4 Å². The average molecular weight is 219 g/mol. The number of amides is 1. The SMILES string of the molecule is NCc1cnccc1CN1CCCCC1=O. The van der Waals surface area contributed by atoms with Crippen LogP contribution in [0.4, 0.5) is 0 Å². The van der Waals surface area contributed by atoms with Gasteiger partial charge in [-0.05, 0) is 30.0 Å². The molecule has 1 amide bonds. The van der Waals surface area contributed by atoms with Gasteiger partial charge in [0.1, 0.15) is 0 Å². The Hall–Kier alpha value is -1.42. The molecule has 0 spiro atoms. The van der Waals surface area contributed by atoms with Gasteiger partial charge in [-0.25, -0.2) is 0 Å². The molecule has 4 nitrogen and oxygen atoms in total. The third-order valence-electron chi connectivity index (χ3n) is 3.01. The average Bonchev–Trinajstić information content (AvgIpc) is 2.33. The Morgan fingerprint density at radius 1 is 1.38 bits per heavy atom. The normalized spacial score (nSPS) is 16.6. The fourth-order valence-electron chi connectivity index (χ4n) is 2.03. The van der Waals surface area contributed by atoms with E-state index in [1.165, 1.54) is 0 Å². The van der Waals surface area contributed by atoms with E-state index in [-0.39, 0.29) is 5.91 Å². The highest BCUT2D eigenvalue weighted by Gasteiger charge is 2.18. The third kappa shape index (κ3) is 2.39. The number of carbonyl (C=O) groups is 1. The summed E-state index contributed by atoms with van der Waals surface area (Å²) in [6, 6.07) is 1.95. The third-order valence-corrected chi connectivity index (χ3v) is 3.01. The number of aromatic nitrogens is 1. The molecule has 0 saturated carbocycles. The topological polar surface area (TPSA) is 59.2 Å². The molecule has 1 aliphatic heterocycles. The maximum atomic E-state index is 11.7. The highest BCUT2D eigenvalue weighted by atomic mass is 16.2. The first-order valence-electron chi connectivity index (χ1n) is 5.71. The lowest BCUT2D eigenvalue weighted by Crippen LogP contribution is -2.35. The van der Waals surface area contributed by atoms with E-state index in [2.05, 4.69) is 4.98 Å². The molecule has 1 fully saturated rings. The molecule has 16 heavy (non-hydrogen) atoms. The summed E-state index contributed by atoms with van der Waals surface area (Å²) in [6.07, 6.45) is 6.35. The minimum Gasteiger partial charge on any atom is -0.338 e. The molecule has 0 bridgehead atoms. The molecular weight excluding hydrogens is 202 g/mol. The zero-order valence-corrected chi connectivity index (χ0v) is 9.35. The first kappa shape index (κ1) is 11.1. The second-order valence-electron chi connectivity index (χ2n) is 4.12. The van der Waals surface area contributed by atoms with Crippen LogP contribution in [-0.4, -0.2) is 22.3 Å². The Bertz CT molecular complexity index is 378. The van der Waals surface area contributed by atoms with Gasteiger partial charge < -0.3 is 10.6 Å². The zero-order chi connectivity index (χ0) is 11.4. The van der Waals surface area contributed by atoms with Crippen molar-refractivity contribution in [2.75, 3.05) is 6.54 Å². The van der Waals surface area contributed by atoms with Gasteiger partial charge in [0.2, 0.25) is 5.91 Å². The maximum absolute atomic E-state index is 11.7. The van der Waals surface area contributed by atoms with Crippen LogP contribution in [0.2, 0.25) is 0 Å². The summed E-state index contributed by atoms with van der Waals surface area (Å²) >= 11 is 0. The first-order valence-corrected chi connectivity index (χ1v) is 5.71. The van der Waals surface area contributed by atoms with Crippen LogP contribution >= 0.6 is 0 Å². The molecule has 0 unspecified atom stereocenters. The predicted octanol–water partition coefficient (Wildman–Crippen LogP) is 1.05. The number of likely N-dealkylation sites (tertiary alicyclic amines) is 1. The van der Waals surface area contributed by atoms with Gasteiger partial charge in [-0.1, -0.05) is 0 Å². The molecule has 1 aliphatic rings. The van der Waals surface area contributed by atoms with Gasteiger partial charge in [-0.2, -0.15) is 0 Å². The number of piperidine rings is 1. The van der Waals surface area contributed by atoms with Crippen LogP contribution in [0.15, 0.2) is 18.5 Å². The van der Waals surface area contributed by atoms with E-state index in [0.29, 0.717) is 19.5 Å². The van der Waals surface area contributed by atoms with Crippen LogP contribution in [0.25, 0.3) is 0 Å². The summed E-state index contributed by atoms with van der Waals surface area (Å²) < 4.78 is 0. The van der Waals surface area contributed by atoms with Crippen LogP contribution in [0.1, 0.15) is 30.4 Å². The quantitative estimate of drug-likeness (QED) is 0.826. The van der Waals surface area contributed by atoms with Crippen LogP contribution < -0.4 is 5.73 Å². The standard InChI is InChI=1S/C12H17N3O/c13-7-11-8-14-5-4-10(11)9-15-6-2-1-3-12(15)16/h4-5,8H,1-3,6-7,9,13H2. The molecule has 0 atom stereocenters. The number of nitrogens with zero attached hydrogens (tertiary/aromatic N) is 2. The minimum atomic E-state index is 0.256. The Labute approximate surface area is 95.5 Å². The van der Waals surface area contributed by atoms with Crippen molar-refractivity contribution < 1.29 is 4.79 Å². The molecule has 0 aromatic carbocycles. The van der Waals surface area contributed by atoms with Crippen molar-refractivity contribution in [3.05, 3.63) is 29.6 Å². The number of rotatable bonds is 3. The van der Waals surface area contributed by atoms with Gasteiger partial charge in [0.15, 0.2) is 0 Å². The largest absolute Gasteiger partial charge is 0.338 e. The molecule has 1 aromatic heterocycles. The lowest BCUT2D eigenvalue weighted by molar-refractivity contribution is -0.133. The molecule has 0 aliphatic carbocycles. The van der Waals surface area contributed by atoms with E-state index in [0.717, 1.165) is 30.5 Å². The number of pyridine rings is 1. The zero-order valence-electron chi connectivity index (χ0n) is 9.35. The number of nitrogens with two attached hydrogens (primary N) is 1. The Kier molecular flexibility index (Phi) is 3.51. The molecule has 1 saturated heterocycles. The lowest BCUT2D eigenvalue weighted by Gasteiger charge is -2.27. The van der Waals surface area contributed by atoms with Gasteiger partial charge in [0.05, 0.1) is 0 Å². The van der Waals surface area contributed by atoms with Crippen molar-refractivity contribution in [3.8, 4) is 0 Å². The number of hydrogen-bond acceptors (Lipinski definition) is 3. The summed E-state index contributed by atoms with van der Waals surface area (Å²) in [5.74, 6) is 0.256. The first-order chi connectivity index (χ1) is 7.81. The Morgan fingerprint density at radius 3 is 3.00 bits per heavy atom. The van der Waals surface area contributed by atoms with Crippen molar-refractivity contribution in [3.63, 3.8) is 0 Å². The van der Waals surface area contributed by atoms with Crippen LogP contribution in [-0.2, 0) is 17.9 Å². The fourth-order valence-corrected chi connectivity index (χ4v) is 2.03. The van der Waals surface area contributed by atoms with E-state index in [9.17, 15) is 4.79 Å². The summed E-state index contributed by atoms with van der Waals surface area (Å²) in [7, 11) is 0. The molecule has 86 valence electrons. The molecule has 4 heteroatoms. The Morgan fingerprint density at radius 2 is 2.25 bits per heavy atom. The summed E-state index contributed by atoms with van der Waals surface area (Å²) in [6.45, 7) is 2.02. The highest BCUT2D eigenvalue weighted by Crippen LogP contribution is 2.16. The highest BCUT2D eigenvalue weighted by molar-refractivity contribution is 5.76. The second-order valence-corrected chi connectivity index (χ2v) is 4.12. The van der Waals surface area contributed by atoms with Crippen molar-refractivity contribution >= 4 is 5.91 Å². The van der Waals surface area contributed by atoms with Gasteiger partial charge in [-0.3, -0.25) is 9.78 Å². The van der Waals surface area contributed by atoms with Gasteiger partial charge >= 0.3 is 0 Å². The summed E-state index contributed by atoms with van der Waals surface area (Å²) in [5, 5.41) is 0. The van der Waals surface area contributed by atoms with Crippen molar-refractivity contribution in [2.24, 2.45) is 5.73 Å². The summed E-state index contributed by atoms with van der Waals surface area (Å²) in [5.41, 5.74) is 7.79. The number of carbonyl (C=O) groups excluding carboxylic acids is 1. The van der Waals surface area contributed by atoms with Gasteiger partial charge in [0.25, 0.3) is 0 Å². The van der Waals surface area contributed by atoms with Crippen molar-refractivity contribution in [1.82, 2.24) is 9.88 Å². The van der Waals surface area contributed by atoms with E-state index in [4.69, 9.17) is 5.73 Å². The Balaban J connectivity index is 2.10. The maximum Gasteiger partial charge on any atom is 0.222 e. The molecule has 2 heterocycles. The van der Waals surface area contributed by atoms with E-state index in [1.807, 2.05) is 11.0 Å². The monoisotopic (exact) mass is 219 g/mol. The molecule has 1 aromatic rings. The van der Waals surface area contributed by atoms with E-state index in [1.54, 1.807) is 12.4 Å². The van der Waals surface area contributed by atoms with E-state index < -0.39 is 0 Å². The molecular formula is C12H17N3O. The second kappa shape index (κ2) is 5.07. The van der Waals surface area contributed by atoms with Crippen LogP contribution in [0.5, 0.6) is 0 Å². The van der Waals surface area contributed by atoms with Crippen LogP contribution in [0.3, 0.4) is 0 Å². The smallest absolute Gasteiger partial charge is 0.222 e. The van der Waals surface area contributed by atoms with Crippen LogP contribution in [0, 0.1) is 0 Å². The van der Waals surface area contributed by atoms with E-state index >= 15 is 0 Å². The van der Waals surface area contributed by atoms with Crippen molar-refractivity contribution in [1.29, 1.82) is 0 Å². The predicted molar refractivity (Wildman–Crippen MR) is 61.4 cm³/mol. The molecule has 0 radical (unpaired) electrons. The fraction of sp³-hybridized carbons (Fsp3) is 0.500. The lowest BCUT2D eigenvalue weighted by atomic mass is 10.1. The summed E-state index contributed by atoms with van der Waals surface area (Å²) in [4.78, 5) is 17.6. The number of hydrogen-bond donors (Lipinski definition) is 1. The minimum absolute atomic E-state index is 0.256. The van der Waals surface area contributed by atoms with Gasteiger partial charge in [-0.15, -0.1) is 0 Å².